The van der Waals surface area contributed by atoms with Crippen LogP contribution in [0.4, 0.5) is 5.69 Å². The lowest BCUT2D eigenvalue weighted by atomic mass is 9.73. The molecule has 1 aromatic rings. The van der Waals surface area contributed by atoms with Gasteiger partial charge in [0.15, 0.2) is 0 Å². The average Bonchev–Trinajstić information content (AvgIpc) is 2.99. The van der Waals surface area contributed by atoms with E-state index in [4.69, 9.17) is 4.74 Å². The number of ether oxygens (including phenoxy) is 1. The number of benzene rings is 1. The Balaban J connectivity index is 2.04. The van der Waals surface area contributed by atoms with Crippen molar-refractivity contribution in [2.75, 3.05) is 12.0 Å². The van der Waals surface area contributed by atoms with E-state index in [1.165, 1.54) is 24.2 Å². The topological polar surface area (TPSA) is 63.7 Å². The minimum Gasteiger partial charge on any atom is -0.497 e. The number of amides is 2. The monoisotopic (exact) mass is 373 g/mol. The summed E-state index contributed by atoms with van der Waals surface area (Å²) in [5, 5.41) is 0. The molecule has 0 saturated carbocycles. The van der Waals surface area contributed by atoms with Gasteiger partial charge in [-0.1, -0.05) is 52.4 Å². The molecule has 0 spiro atoms. The summed E-state index contributed by atoms with van der Waals surface area (Å²) >= 11 is 0. The van der Waals surface area contributed by atoms with Gasteiger partial charge in [0, 0.05) is 11.8 Å². The molecule has 2 amide bonds. The van der Waals surface area contributed by atoms with Crippen molar-refractivity contribution in [3.8, 4) is 5.75 Å². The van der Waals surface area contributed by atoms with E-state index >= 15 is 0 Å². The molecule has 1 aliphatic heterocycles. The zero-order valence-electron chi connectivity index (χ0n) is 16.7. The van der Waals surface area contributed by atoms with Crippen LogP contribution in [0.5, 0.6) is 5.75 Å². The molecule has 2 rings (SSSR count). The SMILES string of the molecule is CCCCCCCCC(C)(C=O)[C@@H]1CC(=O)N(c2ccc(OC)cc2)C1=O. The summed E-state index contributed by atoms with van der Waals surface area (Å²) in [6, 6.07) is 6.84. The number of anilines is 1. The van der Waals surface area contributed by atoms with Crippen molar-refractivity contribution in [1.82, 2.24) is 0 Å². The molecular weight excluding hydrogens is 342 g/mol. The van der Waals surface area contributed by atoms with Crippen molar-refractivity contribution < 1.29 is 19.1 Å². The Morgan fingerprint density at radius 1 is 1.11 bits per heavy atom. The van der Waals surface area contributed by atoms with Gasteiger partial charge < -0.3 is 9.53 Å². The van der Waals surface area contributed by atoms with Gasteiger partial charge >= 0.3 is 0 Å². The number of carbonyl (C=O) groups is 3. The van der Waals surface area contributed by atoms with Crippen molar-refractivity contribution in [3.63, 3.8) is 0 Å². The molecule has 2 atom stereocenters. The van der Waals surface area contributed by atoms with E-state index in [2.05, 4.69) is 6.92 Å². The van der Waals surface area contributed by atoms with Gasteiger partial charge in [-0.25, -0.2) is 0 Å². The summed E-state index contributed by atoms with van der Waals surface area (Å²) in [7, 11) is 1.56. The third kappa shape index (κ3) is 4.96. The molecule has 1 aromatic carbocycles. The van der Waals surface area contributed by atoms with E-state index in [0.717, 1.165) is 25.5 Å². The predicted octanol–water partition coefficient (Wildman–Crippen LogP) is 4.53. The van der Waals surface area contributed by atoms with Crippen LogP contribution in [0, 0.1) is 11.3 Å². The number of hydrogen-bond acceptors (Lipinski definition) is 4. The highest BCUT2D eigenvalue weighted by Crippen LogP contribution is 2.40. The van der Waals surface area contributed by atoms with Gasteiger partial charge in [0.1, 0.15) is 12.0 Å². The number of imide groups is 1. The highest BCUT2D eigenvalue weighted by atomic mass is 16.5. The molecule has 0 aromatic heterocycles. The molecule has 1 saturated heterocycles. The standard InChI is InChI=1S/C22H31NO4/c1-4-5-6-7-8-9-14-22(2,16-24)19-15-20(25)23(21(19)26)17-10-12-18(27-3)13-11-17/h10-13,16,19H,4-9,14-15H2,1-3H3/t19-,22?/m1/s1. The molecular formula is C22H31NO4. The second-order valence-corrected chi connectivity index (χ2v) is 7.66. The Kier molecular flexibility index (Phi) is 7.57. The zero-order chi connectivity index (χ0) is 19.9. The number of carbonyl (C=O) groups excluding carboxylic acids is 3. The maximum atomic E-state index is 13.0. The Hall–Kier alpha value is -2.17. The first-order valence-corrected chi connectivity index (χ1v) is 9.94. The van der Waals surface area contributed by atoms with Gasteiger partial charge in [0.25, 0.3) is 0 Å². The van der Waals surface area contributed by atoms with Gasteiger partial charge in [0.2, 0.25) is 11.8 Å². The third-order valence-electron chi connectivity index (χ3n) is 5.61. The second-order valence-electron chi connectivity index (χ2n) is 7.66. The predicted molar refractivity (Wildman–Crippen MR) is 106 cm³/mol. The summed E-state index contributed by atoms with van der Waals surface area (Å²) in [5.74, 6) is -0.438. The molecule has 0 radical (unpaired) electrons. The first-order chi connectivity index (χ1) is 13.0. The van der Waals surface area contributed by atoms with Gasteiger partial charge in [-0.15, -0.1) is 0 Å². The minimum atomic E-state index is -0.793. The number of aldehydes is 1. The van der Waals surface area contributed by atoms with E-state index in [-0.39, 0.29) is 18.2 Å². The van der Waals surface area contributed by atoms with E-state index < -0.39 is 11.3 Å². The lowest BCUT2D eigenvalue weighted by Gasteiger charge is -2.28. The number of nitrogens with zero attached hydrogens (tertiary/aromatic N) is 1. The number of rotatable bonds is 11. The Labute approximate surface area is 162 Å². The van der Waals surface area contributed by atoms with Gasteiger partial charge in [-0.2, -0.15) is 0 Å². The normalized spacial score (nSPS) is 19.2. The molecule has 1 fully saturated rings. The summed E-state index contributed by atoms with van der Waals surface area (Å²) in [6.45, 7) is 4.00. The van der Waals surface area contributed by atoms with Crippen molar-refractivity contribution in [2.24, 2.45) is 11.3 Å². The quantitative estimate of drug-likeness (QED) is 0.325. The summed E-state index contributed by atoms with van der Waals surface area (Å²) in [4.78, 5) is 38.6. The fraction of sp³-hybridized carbons (Fsp3) is 0.591. The molecule has 1 heterocycles. The summed E-state index contributed by atoms with van der Waals surface area (Å²) in [5.41, 5.74) is -0.264. The van der Waals surface area contributed by atoms with Crippen LogP contribution in [-0.4, -0.2) is 25.2 Å². The number of unbranched alkanes of at least 4 members (excludes halogenated alkanes) is 5. The van der Waals surface area contributed by atoms with Crippen LogP contribution >= 0.6 is 0 Å². The van der Waals surface area contributed by atoms with Gasteiger partial charge in [0.05, 0.1) is 18.7 Å². The van der Waals surface area contributed by atoms with E-state index in [9.17, 15) is 14.4 Å². The Morgan fingerprint density at radius 2 is 1.74 bits per heavy atom. The van der Waals surface area contributed by atoms with E-state index in [0.29, 0.717) is 17.9 Å². The molecule has 27 heavy (non-hydrogen) atoms. The molecule has 148 valence electrons. The van der Waals surface area contributed by atoms with Gasteiger partial charge in [-0.3, -0.25) is 14.5 Å². The fourth-order valence-corrected chi connectivity index (χ4v) is 3.75. The average molecular weight is 373 g/mol. The van der Waals surface area contributed by atoms with Gasteiger partial charge in [-0.05, 0) is 30.7 Å². The van der Waals surface area contributed by atoms with E-state index in [1.54, 1.807) is 31.4 Å². The molecule has 0 bridgehead atoms. The number of methoxy groups -OCH3 is 1. The molecule has 0 aliphatic carbocycles. The highest BCUT2D eigenvalue weighted by molar-refractivity contribution is 6.21. The lowest BCUT2D eigenvalue weighted by Crippen LogP contribution is -2.37. The first-order valence-electron chi connectivity index (χ1n) is 9.94. The highest BCUT2D eigenvalue weighted by Gasteiger charge is 2.49. The second kappa shape index (κ2) is 9.67. The van der Waals surface area contributed by atoms with Crippen molar-refractivity contribution >= 4 is 23.8 Å². The molecule has 1 aliphatic rings. The maximum Gasteiger partial charge on any atom is 0.238 e. The molecule has 0 N–H and O–H groups in total. The third-order valence-corrected chi connectivity index (χ3v) is 5.61. The first kappa shape index (κ1) is 21.1. The van der Waals surface area contributed by atoms with Crippen LogP contribution in [0.25, 0.3) is 0 Å². The zero-order valence-corrected chi connectivity index (χ0v) is 16.7. The van der Waals surface area contributed by atoms with Crippen LogP contribution < -0.4 is 9.64 Å². The fourth-order valence-electron chi connectivity index (χ4n) is 3.75. The van der Waals surface area contributed by atoms with Crippen LogP contribution in [-0.2, 0) is 14.4 Å². The lowest BCUT2D eigenvalue weighted by molar-refractivity contribution is -0.130. The minimum absolute atomic E-state index is 0.0932. The van der Waals surface area contributed by atoms with Crippen LogP contribution in [0.15, 0.2) is 24.3 Å². The molecule has 1 unspecified atom stereocenters. The summed E-state index contributed by atoms with van der Waals surface area (Å²) < 4.78 is 5.12. The van der Waals surface area contributed by atoms with E-state index in [1.807, 2.05) is 6.92 Å². The van der Waals surface area contributed by atoms with Crippen LogP contribution in [0.2, 0.25) is 0 Å². The van der Waals surface area contributed by atoms with Crippen molar-refractivity contribution in [2.45, 2.75) is 65.2 Å². The largest absolute Gasteiger partial charge is 0.497 e. The molecule has 5 nitrogen and oxygen atoms in total. The smallest absolute Gasteiger partial charge is 0.238 e. The molecule has 5 heteroatoms. The summed E-state index contributed by atoms with van der Waals surface area (Å²) in [6.07, 6.45) is 8.37. The Morgan fingerprint density at radius 3 is 2.33 bits per heavy atom. The number of hydrogen-bond donors (Lipinski definition) is 0. The van der Waals surface area contributed by atoms with Crippen LogP contribution in [0.1, 0.15) is 65.2 Å². The van der Waals surface area contributed by atoms with Crippen molar-refractivity contribution in [3.05, 3.63) is 24.3 Å². The Bertz CT molecular complexity index is 655. The van der Waals surface area contributed by atoms with Crippen LogP contribution in [0.3, 0.4) is 0 Å². The van der Waals surface area contributed by atoms with Crippen molar-refractivity contribution in [1.29, 1.82) is 0 Å². The maximum absolute atomic E-state index is 13.0.